The summed E-state index contributed by atoms with van der Waals surface area (Å²) in [6, 6.07) is 10.2. The molecule has 3 rings (SSSR count). The quantitative estimate of drug-likeness (QED) is 0.626. The standard InChI is InChI=1S/C25H32N2O5S/c1-24(2,3)32-23(28)27-14-13-22(25(4,5)17-27)18-7-8-19(26-15-18)16-31-20-9-11-21(12-10-20)33(6,29)30/h7-13,15H,14,16-17H2,1-6H3. The number of ether oxygens (including phenoxy) is 2. The minimum absolute atomic E-state index is 0.254. The number of benzene rings is 1. The van der Waals surface area contributed by atoms with Gasteiger partial charge in [-0.2, -0.15) is 0 Å². The van der Waals surface area contributed by atoms with Gasteiger partial charge in [-0.05, 0) is 62.2 Å². The van der Waals surface area contributed by atoms with Gasteiger partial charge in [0, 0.05) is 31.0 Å². The van der Waals surface area contributed by atoms with E-state index in [1.807, 2.05) is 39.1 Å². The Morgan fingerprint density at radius 3 is 2.30 bits per heavy atom. The first-order valence-corrected chi connectivity index (χ1v) is 12.7. The predicted molar refractivity (Wildman–Crippen MR) is 128 cm³/mol. The van der Waals surface area contributed by atoms with E-state index in [0.717, 1.165) is 16.8 Å². The Hall–Kier alpha value is -2.87. The minimum atomic E-state index is -3.23. The number of carbonyl (C=O) groups excluding carboxylic acids is 1. The van der Waals surface area contributed by atoms with Gasteiger partial charge in [0.25, 0.3) is 0 Å². The summed E-state index contributed by atoms with van der Waals surface area (Å²) in [5, 5.41) is 0. The smallest absolute Gasteiger partial charge is 0.410 e. The molecule has 0 bridgehead atoms. The van der Waals surface area contributed by atoms with Crippen LogP contribution in [-0.2, 0) is 21.2 Å². The number of rotatable bonds is 5. The van der Waals surface area contributed by atoms with Gasteiger partial charge in [-0.25, -0.2) is 13.2 Å². The fourth-order valence-electron chi connectivity index (χ4n) is 3.69. The van der Waals surface area contributed by atoms with E-state index in [0.29, 0.717) is 18.8 Å². The monoisotopic (exact) mass is 472 g/mol. The van der Waals surface area contributed by atoms with E-state index in [1.54, 1.807) is 17.0 Å². The molecule has 8 heteroatoms. The average Bonchev–Trinajstić information content (AvgIpc) is 2.70. The molecule has 0 spiro atoms. The second-order valence-corrected chi connectivity index (χ2v) is 11.9. The molecule has 1 aromatic heterocycles. The molecule has 0 radical (unpaired) electrons. The normalized spacial score (nSPS) is 16.2. The summed E-state index contributed by atoms with van der Waals surface area (Å²) in [7, 11) is -3.23. The van der Waals surface area contributed by atoms with Crippen molar-refractivity contribution in [2.75, 3.05) is 19.3 Å². The molecule has 2 aromatic rings. The van der Waals surface area contributed by atoms with E-state index in [1.165, 1.54) is 18.4 Å². The van der Waals surface area contributed by atoms with Gasteiger partial charge in [-0.1, -0.05) is 26.0 Å². The Bertz CT molecular complexity index is 1130. The second kappa shape index (κ2) is 9.17. The molecular formula is C25H32N2O5S. The van der Waals surface area contributed by atoms with Crippen LogP contribution in [0.2, 0.25) is 0 Å². The van der Waals surface area contributed by atoms with Crippen molar-refractivity contribution in [1.82, 2.24) is 9.88 Å². The van der Waals surface area contributed by atoms with Crippen molar-refractivity contribution in [3.63, 3.8) is 0 Å². The molecule has 1 aliphatic rings. The fourth-order valence-corrected chi connectivity index (χ4v) is 4.32. The zero-order valence-electron chi connectivity index (χ0n) is 20.1. The van der Waals surface area contributed by atoms with Crippen molar-refractivity contribution in [1.29, 1.82) is 0 Å². The van der Waals surface area contributed by atoms with Gasteiger partial charge in [0.2, 0.25) is 0 Å². The lowest BCUT2D eigenvalue weighted by atomic mass is 9.78. The van der Waals surface area contributed by atoms with Crippen LogP contribution in [0.1, 0.15) is 45.9 Å². The first-order valence-electron chi connectivity index (χ1n) is 10.8. The summed E-state index contributed by atoms with van der Waals surface area (Å²) >= 11 is 0. The van der Waals surface area contributed by atoms with E-state index in [9.17, 15) is 13.2 Å². The molecule has 33 heavy (non-hydrogen) atoms. The number of aromatic nitrogens is 1. The van der Waals surface area contributed by atoms with E-state index in [4.69, 9.17) is 9.47 Å². The predicted octanol–water partition coefficient (Wildman–Crippen LogP) is 4.72. The number of carbonyl (C=O) groups is 1. The van der Waals surface area contributed by atoms with Gasteiger partial charge in [-0.15, -0.1) is 0 Å². The average molecular weight is 473 g/mol. The lowest BCUT2D eigenvalue weighted by Crippen LogP contribution is -2.45. The summed E-state index contributed by atoms with van der Waals surface area (Å²) in [6.45, 7) is 11.1. The molecule has 0 fully saturated rings. The Labute approximate surface area is 196 Å². The highest BCUT2D eigenvalue weighted by Crippen LogP contribution is 2.38. The van der Waals surface area contributed by atoms with Crippen LogP contribution in [0.3, 0.4) is 0 Å². The third-order valence-corrected chi connectivity index (χ3v) is 6.39. The maximum atomic E-state index is 12.5. The Morgan fingerprint density at radius 2 is 1.79 bits per heavy atom. The molecule has 0 atom stereocenters. The zero-order chi connectivity index (χ0) is 24.4. The topological polar surface area (TPSA) is 85.8 Å². The van der Waals surface area contributed by atoms with Crippen LogP contribution in [0.5, 0.6) is 5.75 Å². The van der Waals surface area contributed by atoms with Crippen LogP contribution in [0.4, 0.5) is 4.79 Å². The third-order valence-electron chi connectivity index (χ3n) is 5.26. The van der Waals surface area contributed by atoms with Crippen LogP contribution in [0.25, 0.3) is 5.57 Å². The molecule has 2 heterocycles. The van der Waals surface area contributed by atoms with E-state index >= 15 is 0 Å². The zero-order valence-corrected chi connectivity index (χ0v) is 20.9. The molecule has 0 aliphatic carbocycles. The van der Waals surface area contributed by atoms with E-state index in [-0.39, 0.29) is 23.0 Å². The van der Waals surface area contributed by atoms with Gasteiger partial charge >= 0.3 is 6.09 Å². The maximum Gasteiger partial charge on any atom is 0.410 e. The summed E-state index contributed by atoms with van der Waals surface area (Å²) in [5.41, 5.74) is 2.12. The van der Waals surface area contributed by atoms with E-state index < -0.39 is 15.4 Å². The lowest BCUT2D eigenvalue weighted by molar-refractivity contribution is 0.0219. The summed E-state index contributed by atoms with van der Waals surface area (Å²) in [4.78, 5) is 19.0. The molecule has 0 N–H and O–H groups in total. The molecule has 1 amide bonds. The van der Waals surface area contributed by atoms with Crippen LogP contribution >= 0.6 is 0 Å². The molecule has 0 saturated carbocycles. The Balaban J connectivity index is 1.65. The van der Waals surface area contributed by atoms with Crippen LogP contribution in [0.15, 0.2) is 53.6 Å². The maximum absolute atomic E-state index is 12.5. The Morgan fingerprint density at radius 1 is 1.12 bits per heavy atom. The van der Waals surface area contributed by atoms with Crippen molar-refractivity contribution in [2.24, 2.45) is 5.41 Å². The number of pyridine rings is 1. The third kappa shape index (κ3) is 6.57. The van der Waals surface area contributed by atoms with Crippen molar-refractivity contribution in [2.45, 2.75) is 51.7 Å². The summed E-state index contributed by atoms with van der Waals surface area (Å²) < 4.78 is 34.4. The Kier molecular flexibility index (Phi) is 6.88. The molecule has 7 nitrogen and oxygen atoms in total. The van der Waals surface area contributed by atoms with Gasteiger partial charge < -0.3 is 14.4 Å². The van der Waals surface area contributed by atoms with Crippen molar-refractivity contribution < 1.29 is 22.7 Å². The number of hydrogen-bond donors (Lipinski definition) is 0. The first kappa shape index (κ1) is 24.8. The van der Waals surface area contributed by atoms with Crippen molar-refractivity contribution in [3.05, 3.63) is 59.9 Å². The van der Waals surface area contributed by atoms with Crippen LogP contribution in [0, 0.1) is 5.41 Å². The molecule has 0 saturated heterocycles. The molecule has 1 aromatic carbocycles. The second-order valence-electron chi connectivity index (χ2n) is 9.93. The number of hydrogen-bond acceptors (Lipinski definition) is 6. The lowest BCUT2D eigenvalue weighted by Gasteiger charge is -2.39. The number of amides is 1. The highest BCUT2D eigenvalue weighted by molar-refractivity contribution is 7.90. The van der Waals surface area contributed by atoms with Crippen LogP contribution < -0.4 is 4.74 Å². The van der Waals surface area contributed by atoms with Crippen LogP contribution in [-0.4, -0.2) is 49.3 Å². The number of sulfone groups is 1. The molecule has 178 valence electrons. The van der Waals surface area contributed by atoms with Gasteiger partial charge in [-0.3, -0.25) is 4.98 Å². The SMILES string of the molecule is CC(C)(C)OC(=O)N1CC=C(c2ccc(COc3ccc(S(C)(=O)=O)cc3)nc2)C(C)(C)C1. The van der Waals surface area contributed by atoms with E-state index in [2.05, 4.69) is 24.9 Å². The summed E-state index contributed by atoms with van der Waals surface area (Å²) in [6.07, 6.45) is 4.75. The minimum Gasteiger partial charge on any atom is -0.487 e. The largest absolute Gasteiger partial charge is 0.487 e. The molecule has 1 aliphatic heterocycles. The molecule has 0 unspecified atom stereocenters. The number of nitrogens with zero attached hydrogens (tertiary/aromatic N) is 2. The van der Waals surface area contributed by atoms with Gasteiger partial charge in [0.05, 0.1) is 10.6 Å². The fraction of sp³-hybridized carbons (Fsp3) is 0.440. The highest BCUT2D eigenvalue weighted by Gasteiger charge is 2.34. The van der Waals surface area contributed by atoms with Gasteiger partial charge in [0.15, 0.2) is 9.84 Å². The highest BCUT2D eigenvalue weighted by atomic mass is 32.2. The van der Waals surface area contributed by atoms with Crippen molar-refractivity contribution in [3.8, 4) is 5.75 Å². The summed E-state index contributed by atoms with van der Waals surface area (Å²) in [5.74, 6) is 0.576. The van der Waals surface area contributed by atoms with Crippen molar-refractivity contribution >= 4 is 21.5 Å². The molecular weight excluding hydrogens is 440 g/mol. The van der Waals surface area contributed by atoms with Gasteiger partial charge in [0.1, 0.15) is 18.0 Å². The first-order chi connectivity index (χ1) is 15.2.